The number of rotatable bonds is 5. The Morgan fingerprint density at radius 3 is 1.59 bits per heavy atom. The van der Waals surface area contributed by atoms with E-state index in [1.807, 2.05) is 18.2 Å². The highest BCUT2D eigenvalue weighted by molar-refractivity contribution is 5.11. The molecule has 0 saturated carbocycles. The minimum atomic E-state index is -1.23. The molecule has 2 unspecified atom stereocenters. The topological polar surface area (TPSA) is 58.9 Å². The summed E-state index contributed by atoms with van der Waals surface area (Å²) < 4.78 is 9.27. The summed E-state index contributed by atoms with van der Waals surface area (Å²) in [5, 5.41) is 17.7. The molecule has 0 aliphatic rings. The molecule has 98 valence electrons. The summed E-state index contributed by atoms with van der Waals surface area (Å²) >= 11 is 0. The van der Waals surface area contributed by atoms with Crippen LogP contribution in [-0.4, -0.2) is 36.0 Å². The van der Waals surface area contributed by atoms with Crippen molar-refractivity contribution in [1.82, 2.24) is 0 Å². The van der Waals surface area contributed by atoms with E-state index < -0.39 is 12.6 Å². The zero-order valence-electron chi connectivity index (χ0n) is 10.7. The Morgan fingerprint density at radius 2 is 1.35 bits per heavy atom. The third-order valence-electron chi connectivity index (χ3n) is 1.86. The van der Waals surface area contributed by atoms with E-state index in [2.05, 4.69) is 28.5 Å². The van der Waals surface area contributed by atoms with Crippen LogP contribution in [-0.2, 0) is 9.47 Å². The highest BCUT2D eigenvalue weighted by Crippen LogP contribution is 1.96. The van der Waals surface area contributed by atoms with E-state index in [0.717, 1.165) is 0 Å². The fourth-order valence-corrected chi connectivity index (χ4v) is 1.04. The standard InChI is InChI=1S/C7H8.C6H14O4/c1-7-5-3-2-4-6-7;1-3-9-5(7)6(8)10-4-2/h2-6H,1H3;5-8H,3-4H2,1-2H3. The number of benzene rings is 1. The Morgan fingerprint density at radius 1 is 0.941 bits per heavy atom. The molecule has 2 atom stereocenters. The van der Waals surface area contributed by atoms with Crippen LogP contribution in [0.5, 0.6) is 0 Å². The number of aryl methyl sites for hydroxylation is 1. The average Bonchev–Trinajstić information content (AvgIpc) is 2.31. The number of hydrogen-bond acceptors (Lipinski definition) is 4. The normalized spacial score (nSPS) is 13.5. The Labute approximate surface area is 103 Å². The van der Waals surface area contributed by atoms with Gasteiger partial charge in [-0.1, -0.05) is 35.9 Å². The van der Waals surface area contributed by atoms with Crippen LogP contribution in [0.15, 0.2) is 30.3 Å². The van der Waals surface area contributed by atoms with Gasteiger partial charge in [0.25, 0.3) is 0 Å². The van der Waals surface area contributed by atoms with Gasteiger partial charge in [0.1, 0.15) is 0 Å². The second-order valence-electron chi connectivity index (χ2n) is 3.35. The molecule has 1 rings (SSSR count). The van der Waals surface area contributed by atoms with Gasteiger partial charge in [-0.3, -0.25) is 0 Å². The van der Waals surface area contributed by atoms with Crippen LogP contribution in [0, 0.1) is 6.92 Å². The van der Waals surface area contributed by atoms with Crippen molar-refractivity contribution in [1.29, 1.82) is 0 Å². The lowest BCUT2D eigenvalue weighted by atomic mass is 10.2. The van der Waals surface area contributed by atoms with Crippen LogP contribution in [0.2, 0.25) is 0 Å². The maximum absolute atomic E-state index is 8.85. The molecule has 4 nitrogen and oxygen atoms in total. The summed E-state index contributed by atoms with van der Waals surface area (Å²) in [4.78, 5) is 0. The summed E-state index contributed by atoms with van der Waals surface area (Å²) in [5.74, 6) is 0. The summed E-state index contributed by atoms with van der Waals surface area (Å²) in [6, 6.07) is 10.3. The molecule has 2 N–H and O–H groups in total. The van der Waals surface area contributed by atoms with Gasteiger partial charge in [0.2, 0.25) is 12.6 Å². The van der Waals surface area contributed by atoms with E-state index in [1.54, 1.807) is 13.8 Å². The molecule has 0 bridgehead atoms. The predicted molar refractivity (Wildman–Crippen MR) is 66.4 cm³/mol. The molecule has 0 aliphatic carbocycles. The molecule has 1 aromatic carbocycles. The van der Waals surface area contributed by atoms with Gasteiger partial charge in [0.05, 0.1) is 0 Å². The number of ether oxygens (including phenoxy) is 2. The van der Waals surface area contributed by atoms with Gasteiger partial charge in [-0.15, -0.1) is 0 Å². The minimum absolute atomic E-state index is 0.352. The highest BCUT2D eigenvalue weighted by Gasteiger charge is 2.14. The first-order valence-electron chi connectivity index (χ1n) is 5.72. The van der Waals surface area contributed by atoms with E-state index in [1.165, 1.54) is 5.56 Å². The van der Waals surface area contributed by atoms with Gasteiger partial charge in [0.15, 0.2) is 0 Å². The second-order valence-corrected chi connectivity index (χ2v) is 3.35. The molecule has 0 saturated heterocycles. The monoisotopic (exact) mass is 242 g/mol. The molecular weight excluding hydrogens is 220 g/mol. The van der Waals surface area contributed by atoms with Gasteiger partial charge in [0, 0.05) is 13.2 Å². The zero-order chi connectivity index (χ0) is 13.1. The third kappa shape index (κ3) is 8.83. The molecule has 0 aliphatic heterocycles. The van der Waals surface area contributed by atoms with Crippen LogP contribution in [0.25, 0.3) is 0 Å². The number of aliphatic hydroxyl groups excluding tert-OH is 2. The number of aliphatic hydroxyl groups is 2. The fraction of sp³-hybridized carbons (Fsp3) is 0.538. The van der Waals surface area contributed by atoms with Gasteiger partial charge in [-0.2, -0.15) is 0 Å². The second kappa shape index (κ2) is 10.2. The lowest BCUT2D eigenvalue weighted by Gasteiger charge is -2.16. The first kappa shape index (κ1) is 16.1. The lowest BCUT2D eigenvalue weighted by molar-refractivity contribution is -0.248. The van der Waals surface area contributed by atoms with Gasteiger partial charge < -0.3 is 19.7 Å². The van der Waals surface area contributed by atoms with Crippen molar-refractivity contribution in [2.24, 2.45) is 0 Å². The van der Waals surface area contributed by atoms with Crippen molar-refractivity contribution in [2.75, 3.05) is 13.2 Å². The number of hydrogen-bond donors (Lipinski definition) is 2. The molecular formula is C13H22O4. The molecule has 0 aromatic heterocycles. The highest BCUT2D eigenvalue weighted by atomic mass is 16.7. The third-order valence-corrected chi connectivity index (χ3v) is 1.86. The average molecular weight is 242 g/mol. The molecule has 0 radical (unpaired) electrons. The molecule has 4 heteroatoms. The zero-order valence-corrected chi connectivity index (χ0v) is 10.7. The largest absolute Gasteiger partial charge is 0.364 e. The van der Waals surface area contributed by atoms with Gasteiger partial charge in [-0.25, -0.2) is 0 Å². The summed E-state index contributed by atoms with van der Waals surface area (Å²) in [7, 11) is 0. The first-order valence-corrected chi connectivity index (χ1v) is 5.72. The molecule has 0 fully saturated rings. The molecule has 0 spiro atoms. The van der Waals surface area contributed by atoms with Gasteiger partial charge >= 0.3 is 0 Å². The van der Waals surface area contributed by atoms with Crippen LogP contribution in [0.1, 0.15) is 19.4 Å². The van der Waals surface area contributed by atoms with E-state index in [4.69, 9.17) is 10.2 Å². The molecule has 1 aromatic rings. The Balaban J connectivity index is 0.000000318. The molecule has 17 heavy (non-hydrogen) atoms. The quantitative estimate of drug-likeness (QED) is 0.771. The first-order chi connectivity index (χ1) is 8.11. The maximum Gasteiger partial charge on any atom is 0.206 e. The van der Waals surface area contributed by atoms with Crippen molar-refractivity contribution in [2.45, 2.75) is 33.4 Å². The predicted octanol–water partition coefficient (Wildman–Crippen LogP) is 1.69. The Bertz CT molecular complexity index is 253. The minimum Gasteiger partial charge on any atom is -0.364 e. The fourth-order valence-electron chi connectivity index (χ4n) is 1.04. The summed E-state index contributed by atoms with van der Waals surface area (Å²) in [6.07, 6.45) is -2.46. The van der Waals surface area contributed by atoms with Gasteiger partial charge in [-0.05, 0) is 20.8 Å². The van der Waals surface area contributed by atoms with Crippen LogP contribution >= 0.6 is 0 Å². The van der Waals surface area contributed by atoms with E-state index in [-0.39, 0.29) is 0 Å². The van der Waals surface area contributed by atoms with E-state index in [9.17, 15) is 0 Å². The van der Waals surface area contributed by atoms with E-state index >= 15 is 0 Å². The van der Waals surface area contributed by atoms with Crippen molar-refractivity contribution in [3.63, 3.8) is 0 Å². The van der Waals surface area contributed by atoms with Crippen LogP contribution < -0.4 is 0 Å². The van der Waals surface area contributed by atoms with Crippen molar-refractivity contribution in [3.05, 3.63) is 35.9 Å². The Hall–Kier alpha value is -0.940. The van der Waals surface area contributed by atoms with Crippen molar-refractivity contribution >= 4 is 0 Å². The lowest BCUT2D eigenvalue weighted by Crippen LogP contribution is -2.31. The summed E-state index contributed by atoms with van der Waals surface area (Å²) in [6.45, 7) is 6.24. The Kier molecular flexibility index (Phi) is 9.66. The van der Waals surface area contributed by atoms with Crippen molar-refractivity contribution in [3.8, 4) is 0 Å². The maximum atomic E-state index is 8.85. The smallest absolute Gasteiger partial charge is 0.206 e. The van der Waals surface area contributed by atoms with Crippen LogP contribution in [0.3, 0.4) is 0 Å². The van der Waals surface area contributed by atoms with Crippen molar-refractivity contribution < 1.29 is 19.7 Å². The van der Waals surface area contributed by atoms with E-state index in [0.29, 0.717) is 13.2 Å². The molecule has 0 heterocycles. The molecule has 0 amide bonds. The van der Waals surface area contributed by atoms with Crippen LogP contribution in [0.4, 0.5) is 0 Å². The SMILES string of the molecule is CCOC(O)C(O)OCC.Cc1ccccc1. The summed E-state index contributed by atoms with van der Waals surface area (Å²) in [5.41, 5.74) is 1.32.